The van der Waals surface area contributed by atoms with Crippen LogP contribution in [0, 0.1) is 5.82 Å². The molecule has 0 radical (unpaired) electrons. The topological polar surface area (TPSA) is 40.6 Å². The van der Waals surface area contributed by atoms with Crippen molar-refractivity contribution in [2.24, 2.45) is 0 Å². The summed E-state index contributed by atoms with van der Waals surface area (Å²) in [6, 6.07) is 12.0. The first kappa shape index (κ1) is 18.0. The van der Waals surface area contributed by atoms with E-state index in [4.69, 9.17) is 11.6 Å². The normalized spacial score (nSPS) is 19.3. The predicted octanol–water partition coefficient (Wildman–Crippen LogP) is 3.60. The van der Waals surface area contributed by atoms with Crippen LogP contribution in [0.5, 0.6) is 0 Å². The van der Waals surface area contributed by atoms with Crippen molar-refractivity contribution in [3.05, 3.63) is 64.4 Å². The summed E-state index contributed by atoms with van der Waals surface area (Å²) in [5.74, 6) is -0.421. The molecule has 4 nitrogen and oxygen atoms in total. The quantitative estimate of drug-likeness (QED) is 0.808. The van der Waals surface area contributed by atoms with Crippen LogP contribution >= 0.6 is 11.6 Å². The number of hydrogen-bond donors (Lipinski definition) is 0. The molecule has 2 aliphatic heterocycles. The van der Waals surface area contributed by atoms with E-state index in [1.54, 1.807) is 11.0 Å². The highest BCUT2D eigenvalue weighted by atomic mass is 35.5. The maximum Gasteiger partial charge on any atom is 0.231 e. The number of halogens is 2. The summed E-state index contributed by atoms with van der Waals surface area (Å²) < 4.78 is 13.5. The first-order valence-electron chi connectivity index (χ1n) is 9.14. The molecule has 2 heterocycles. The van der Waals surface area contributed by atoms with Gasteiger partial charge in [-0.15, -0.1) is 0 Å². The fourth-order valence-electron chi connectivity index (χ4n) is 4.07. The average molecular weight is 387 g/mol. The van der Waals surface area contributed by atoms with Crippen LogP contribution in [-0.2, 0) is 22.4 Å². The summed E-state index contributed by atoms with van der Waals surface area (Å²) >= 11 is 5.88. The third-order valence-electron chi connectivity index (χ3n) is 5.25. The van der Waals surface area contributed by atoms with Gasteiger partial charge in [-0.1, -0.05) is 29.8 Å². The predicted molar refractivity (Wildman–Crippen MR) is 102 cm³/mol. The van der Waals surface area contributed by atoms with E-state index in [0.717, 1.165) is 24.1 Å². The fourth-order valence-corrected chi connectivity index (χ4v) is 4.31. The molecular formula is C21H20ClFN2O2. The molecule has 0 aliphatic carbocycles. The number of para-hydroxylation sites is 1. The third-order valence-corrected chi connectivity index (χ3v) is 5.47. The van der Waals surface area contributed by atoms with E-state index in [1.165, 1.54) is 12.1 Å². The number of carbonyl (C=O) groups excluding carboxylic acids is 2. The van der Waals surface area contributed by atoms with Crippen molar-refractivity contribution in [2.45, 2.75) is 31.7 Å². The Balaban J connectivity index is 1.48. The standard InChI is InChI=1S/C21H20ClFN2O2/c22-16-8-14(9-17(23)12-16)10-20(26)24-7-3-5-18(13-24)25-19-6-2-1-4-15(19)11-21(25)27/h1-2,4,6,8-9,12,18H,3,5,7,10-11,13H2/t18-/m0/s1. The molecule has 6 heteroatoms. The van der Waals surface area contributed by atoms with Crippen LogP contribution in [0.2, 0.25) is 5.02 Å². The Morgan fingerprint density at radius 3 is 2.85 bits per heavy atom. The van der Waals surface area contributed by atoms with E-state index >= 15 is 0 Å². The van der Waals surface area contributed by atoms with Crippen LogP contribution in [-0.4, -0.2) is 35.8 Å². The monoisotopic (exact) mass is 386 g/mol. The van der Waals surface area contributed by atoms with E-state index in [0.29, 0.717) is 25.1 Å². The van der Waals surface area contributed by atoms with Gasteiger partial charge in [-0.3, -0.25) is 9.59 Å². The van der Waals surface area contributed by atoms with Gasteiger partial charge in [0.2, 0.25) is 11.8 Å². The third kappa shape index (κ3) is 3.69. The number of likely N-dealkylation sites (tertiary alicyclic amines) is 1. The molecule has 2 aromatic carbocycles. The van der Waals surface area contributed by atoms with E-state index in [9.17, 15) is 14.0 Å². The fraction of sp³-hybridized carbons (Fsp3) is 0.333. The number of fused-ring (bicyclic) bond motifs is 1. The molecule has 1 fully saturated rings. The Morgan fingerprint density at radius 2 is 2.04 bits per heavy atom. The summed E-state index contributed by atoms with van der Waals surface area (Å²) in [6.45, 7) is 1.16. The van der Waals surface area contributed by atoms with Crippen molar-refractivity contribution in [3.8, 4) is 0 Å². The summed E-state index contributed by atoms with van der Waals surface area (Å²) in [6.07, 6.45) is 2.24. The number of nitrogens with zero attached hydrogens (tertiary/aromatic N) is 2. The lowest BCUT2D eigenvalue weighted by atomic mass is 10.0. The summed E-state index contributed by atoms with van der Waals surface area (Å²) in [4.78, 5) is 28.9. The smallest absolute Gasteiger partial charge is 0.231 e. The molecule has 1 atom stereocenters. The Hall–Kier alpha value is -2.40. The van der Waals surface area contributed by atoms with Gasteiger partial charge in [0.15, 0.2) is 0 Å². The molecule has 0 unspecified atom stereocenters. The average Bonchev–Trinajstić information content (AvgIpc) is 2.96. The van der Waals surface area contributed by atoms with Gasteiger partial charge in [-0.25, -0.2) is 4.39 Å². The first-order valence-corrected chi connectivity index (χ1v) is 9.52. The van der Waals surface area contributed by atoms with Gasteiger partial charge in [0.05, 0.1) is 18.9 Å². The van der Waals surface area contributed by atoms with E-state index in [-0.39, 0.29) is 29.3 Å². The lowest BCUT2D eigenvalue weighted by Gasteiger charge is -2.38. The number of anilines is 1. The number of benzene rings is 2. The molecule has 2 aliphatic rings. The minimum absolute atomic E-state index is 0.0186. The van der Waals surface area contributed by atoms with Gasteiger partial charge in [0.1, 0.15) is 5.82 Å². The Bertz CT molecular complexity index is 881. The van der Waals surface area contributed by atoms with E-state index in [1.807, 2.05) is 29.2 Å². The van der Waals surface area contributed by atoms with Crippen LogP contribution in [0.4, 0.5) is 10.1 Å². The van der Waals surface area contributed by atoms with Crippen LogP contribution in [0.25, 0.3) is 0 Å². The number of carbonyl (C=O) groups is 2. The second kappa shape index (κ2) is 7.31. The van der Waals surface area contributed by atoms with Crippen molar-refractivity contribution in [3.63, 3.8) is 0 Å². The first-order chi connectivity index (χ1) is 13.0. The second-order valence-electron chi connectivity index (χ2n) is 7.16. The molecule has 140 valence electrons. The van der Waals surface area contributed by atoms with Crippen LogP contribution in [0.15, 0.2) is 42.5 Å². The molecule has 4 rings (SSSR count). The minimum Gasteiger partial charge on any atom is -0.340 e. The SMILES string of the molecule is O=C(Cc1cc(F)cc(Cl)c1)N1CCC[C@H](N2C(=O)Cc3ccccc32)C1. The molecule has 27 heavy (non-hydrogen) atoms. The van der Waals surface area contributed by atoms with Gasteiger partial charge >= 0.3 is 0 Å². The highest BCUT2D eigenvalue weighted by molar-refractivity contribution is 6.30. The van der Waals surface area contributed by atoms with Crippen molar-refractivity contribution in [1.82, 2.24) is 4.90 Å². The second-order valence-corrected chi connectivity index (χ2v) is 7.60. The molecule has 2 amide bonds. The highest BCUT2D eigenvalue weighted by Crippen LogP contribution is 2.33. The lowest BCUT2D eigenvalue weighted by Crippen LogP contribution is -2.51. The number of rotatable bonds is 3. The zero-order valence-electron chi connectivity index (χ0n) is 14.8. The van der Waals surface area contributed by atoms with Gasteiger partial charge in [0, 0.05) is 23.8 Å². The number of piperidine rings is 1. The van der Waals surface area contributed by atoms with Crippen molar-refractivity contribution in [1.29, 1.82) is 0 Å². The Kier molecular flexibility index (Phi) is 4.87. The van der Waals surface area contributed by atoms with Gasteiger partial charge < -0.3 is 9.80 Å². The maximum absolute atomic E-state index is 13.5. The molecule has 0 N–H and O–H groups in total. The molecule has 2 aromatic rings. The Morgan fingerprint density at radius 1 is 1.22 bits per heavy atom. The molecule has 0 bridgehead atoms. The van der Waals surface area contributed by atoms with Crippen molar-refractivity contribution in [2.75, 3.05) is 18.0 Å². The summed E-state index contributed by atoms with van der Waals surface area (Å²) in [5.41, 5.74) is 2.56. The number of hydrogen-bond acceptors (Lipinski definition) is 2. The zero-order valence-corrected chi connectivity index (χ0v) is 15.6. The van der Waals surface area contributed by atoms with Gasteiger partial charge in [-0.05, 0) is 48.2 Å². The van der Waals surface area contributed by atoms with Gasteiger partial charge in [0.25, 0.3) is 0 Å². The number of amides is 2. The molecule has 0 aromatic heterocycles. The summed E-state index contributed by atoms with van der Waals surface area (Å²) in [5, 5.41) is 0.286. The summed E-state index contributed by atoms with van der Waals surface area (Å²) in [7, 11) is 0. The molecular weight excluding hydrogens is 367 g/mol. The molecule has 0 saturated carbocycles. The van der Waals surface area contributed by atoms with Crippen LogP contribution in [0.3, 0.4) is 0 Å². The highest BCUT2D eigenvalue weighted by Gasteiger charge is 2.36. The zero-order chi connectivity index (χ0) is 19.0. The van der Waals surface area contributed by atoms with Crippen molar-refractivity contribution < 1.29 is 14.0 Å². The van der Waals surface area contributed by atoms with Crippen molar-refractivity contribution >= 4 is 29.1 Å². The van der Waals surface area contributed by atoms with Crippen LogP contribution < -0.4 is 4.90 Å². The maximum atomic E-state index is 13.5. The van der Waals surface area contributed by atoms with E-state index in [2.05, 4.69) is 0 Å². The van der Waals surface area contributed by atoms with Gasteiger partial charge in [-0.2, -0.15) is 0 Å². The minimum atomic E-state index is -0.443. The molecule has 1 saturated heterocycles. The largest absolute Gasteiger partial charge is 0.340 e. The Labute approximate surface area is 162 Å². The van der Waals surface area contributed by atoms with Crippen LogP contribution in [0.1, 0.15) is 24.0 Å². The lowest BCUT2D eigenvalue weighted by molar-refractivity contribution is -0.132. The molecule has 0 spiro atoms. The van der Waals surface area contributed by atoms with E-state index < -0.39 is 5.82 Å².